The normalized spacial score (nSPS) is 29.0. The van der Waals surface area contributed by atoms with E-state index < -0.39 is 14.6 Å². The van der Waals surface area contributed by atoms with Gasteiger partial charge in [0.1, 0.15) is 11.9 Å². The van der Waals surface area contributed by atoms with E-state index in [-0.39, 0.29) is 23.4 Å². The average molecular weight is 379 g/mol. The Morgan fingerprint density at radius 2 is 1.81 bits per heavy atom. The molecule has 3 rings (SSSR count). The molecule has 1 saturated heterocycles. The fourth-order valence-corrected chi connectivity index (χ4v) is 4.09. The van der Waals surface area contributed by atoms with E-state index >= 15 is 0 Å². The van der Waals surface area contributed by atoms with Crippen LogP contribution in [0, 0.1) is 0 Å². The van der Waals surface area contributed by atoms with Crippen molar-refractivity contribution in [3.05, 3.63) is 42.2 Å². The molecular formula is C20H30O5Si. The largest absolute Gasteiger partial charge is 0.497 e. The molecule has 26 heavy (non-hydrogen) atoms. The molecule has 1 aromatic rings. The van der Waals surface area contributed by atoms with E-state index in [1.54, 1.807) is 13.4 Å². The third-order valence-corrected chi connectivity index (χ3v) is 10.0. The Kier molecular flexibility index (Phi) is 5.49. The Bertz CT molecular complexity index is 635. The summed E-state index contributed by atoms with van der Waals surface area (Å²) in [5.74, 6) is 0.811. The molecule has 0 aliphatic carbocycles. The van der Waals surface area contributed by atoms with Gasteiger partial charge in [0.05, 0.1) is 26.1 Å². The maximum atomic E-state index is 6.60. The topological polar surface area (TPSA) is 46.2 Å². The van der Waals surface area contributed by atoms with E-state index in [2.05, 4.69) is 33.9 Å². The zero-order chi connectivity index (χ0) is 18.9. The van der Waals surface area contributed by atoms with Gasteiger partial charge in [0, 0.05) is 5.56 Å². The molecule has 0 aromatic heterocycles. The number of hydrogen-bond donors (Lipinski definition) is 0. The number of rotatable bonds is 4. The fraction of sp³-hybridized carbons (Fsp3) is 0.600. The van der Waals surface area contributed by atoms with Gasteiger partial charge in [-0.2, -0.15) is 0 Å². The van der Waals surface area contributed by atoms with Gasteiger partial charge in [-0.1, -0.05) is 32.9 Å². The number of methoxy groups -OCH3 is 1. The first kappa shape index (κ1) is 19.4. The quantitative estimate of drug-likeness (QED) is 0.726. The highest BCUT2D eigenvalue weighted by Crippen LogP contribution is 2.40. The minimum absolute atomic E-state index is 0.126. The van der Waals surface area contributed by atoms with Gasteiger partial charge in [-0.3, -0.25) is 0 Å². The van der Waals surface area contributed by atoms with Gasteiger partial charge in [-0.05, 0) is 36.3 Å². The predicted octanol–water partition coefficient (Wildman–Crippen LogP) is 4.41. The minimum atomic E-state index is -1.93. The number of benzene rings is 1. The minimum Gasteiger partial charge on any atom is -0.497 e. The first-order valence-electron chi connectivity index (χ1n) is 9.12. The smallest absolute Gasteiger partial charge is 0.193 e. The van der Waals surface area contributed by atoms with Crippen LogP contribution >= 0.6 is 0 Å². The third-order valence-electron chi connectivity index (χ3n) is 5.53. The van der Waals surface area contributed by atoms with Crippen LogP contribution in [0.1, 0.15) is 32.6 Å². The predicted molar refractivity (Wildman–Crippen MR) is 103 cm³/mol. The fourth-order valence-electron chi connectivity index (χ4n) is 2.84. The Morgan fingerprint density at radius 1 is 1.12 bits per heavy atom. The molecule has 4 atom stereocenters. The molecule has 144 valence electrons. The molecule has 6 heteroatoms. The van der Waals surface area contributed by atoms with Crippen LogP contribution in [-0.2, 0) is 18.6 Å². The second kappa shape index (κ2) is 7.35. The Morgan fingerprint density at radius 3 is 2.42 bits per heavy atom. The summed E-state index contributed by atoms with van der Waals surface area (Å²) < 4.78 is 29.7. The second-order valence-corrected chi connectivity index (χ2v) is 13.1. The molecule has 0 N–H and O–H groups in total. The van der Waals surface area contributed by atoms with E-state index in [1.165, 1.54) is 0 Å². The molecule has 2 aliphatic heterocycles. The summed E-state index contributed by atoms with van der Waals surface area (Å²) in [7, 11) is -0.272. The summed E-state index contributed by atoms with van der Waals surface area (Å²) in [5.41, 5.74) is 0.963. The van der Waals surface area contributed by atoms with Gasteiger partial charge in [0.15, 0.2) is 20.7 Å². The summed E-state index contributed by atoms with van der Waals surface area (Å²) in [6.45, 7) is 11.7. The Balaban J connectivity index is 1.75. The monoisotopic (exact) mass is 378 g/mol. The van der Waals surface area contributed by atoms with Crippen LogP contribution in [0.4, 0.5) is 0 Å². The van der Waals surface area contributed by atoms with Crippen LogP contribution in [0.25, 0.3) is 0 Å². The van der Waals surface area contributed by atoms with E-state index in [9.17, 15) is 0 Å². The van der Waals surface area contributed by atoms with Crippen molar-refractivity contribution >= 4 is 8.32 Å². The molecule has 0 radical (unpaired) electrons. The van der Waals surface area contributed by atoms with E-state index in [4.69, 9.17) is 23.4 Å². The lowest BCUT2D eigenvalue weighted by Gasteiger charge is -2.45. The van der Waals surface area contributed by atoms with Gasteiger partial charge in [0.25, 0.3) is 0 Å². The zero-order valence-corrected chi connectivity index (χ0v) is 17.5. The standard InChI is InChI=1S/C20H30O5Si/c1-20(2,3)26(5,6)25-16-11-12-22-17-13-23-19(24-18(16)17)14-7-9-15(21-4)10-8-14/h7-12,16-19H,13H2,1-6H3/t16-,17+,18-,19?/m0/s1. The van der Waals surface area contributed by atoms with Gasteiger partial charge >= 0.3 is 0 Å². The number of hydrogen-bond acceptors (Lipinski definition) is 5. The lowest BCUT2D eigenvalue weighted by molar-refractivity contribution is -0.274. The van der Waals surface area contributed by atoms with Crippen molar-refractivity contribution in [1.29, 1.82) is 0 Å². The average Bonchev–Trinajstić information content (AvgIpc) is 2.60. The number of ether oxygens (including phenoxy) is 4. The van der Waals surface area contributed by atoms with E-state index in [1.807, 2.05) is 30.3 Å². The van der Waals surface area contributed by atoms with Crippen LogP contribution in [0.15, 0.2) is 36.6 Å². The maximum absolute atomic E-state index is 6.60. The molecule has 1 aromatic carbocycles. The van der Waals surface area contributed by atoms with Crippen molar-refractivity contribution in [2.75, 3.05) is 13.7 Å². The van der Waals surface area contributed by atoms with Crippen LogP contribution in [0.3, 0.4) is 0 Å². The zero-order valence-electron chi connectivity index (χ0n) is 16.5. The molecule has 0 spiro atoms. The van der Waals surface area contributed by atoms with Crippen LogP contribution in [0.2, 0.25) is 18.1 Å². The van der Waals surface area contributed by atoms with Gasteiger partial charge in [0.2, 0.25) is 0 Å². The summed E-state index contributed by atoms with van der Waals surface area (Å²) in [4.78, 5) is 0. The lowest BCUT2D eigenvalue weighted by atomic mass is 10.0. The van der Waals surface area contributed by atoms with Crippen molar-refractivity contribution in [3.63, 3.8) is 0 Å². The summed E-state index contributed by atoms with van der Waals surface area (Å²) >= 11 is 0. The van der Waals surface area contributed by atoms with Crippen molar-refractivity contribution < 1.29 is 23.4 Å². The highest BCUT2D eigenvalue weighted by Gasteiger charge is 2.46. The number of fused-ring (bicyclic) bond motifs is 1. The SMILES string of the molecule is COc1ccc(C2OC[C@H]3OC=C[C@H](O[Si](C)(C)C(C)(C)C)[C@@H]3O2)cc1. The molecule has 1 fully saturated rings. The molecule has 0 bridgehead atoms. The molecule has 2 aliphatic rings. The van der Waals surface area contributed by atoms with Gasteiger partial charge in [-0.15, -0.1) is 0 Å². The van der Waals surface area contributed by atoms with Crippen LogP contribution in [0.5, 0.6) is 5.75 Å². The Hall–Kier alpha value is -1.34. The van der Waals surface area contributed by atoms with Gasteiger partial charge < -0.3 is 23.4 Å². The highest BCUT2D eigenvalue weighted by molar-refractivity contribution is 6.74. The van der Waals surface area contributed by atoms with Crippen molar-refractivity contribution in [2.24, 2.45) is 0 Å². The summed E-state index contributed by atoms with van der Waals surface area (Å²) in [5, 5.41) is 0.134. The molecule has 1 unspecified atom stereocenters. The van der Waals surface area contributed by atoms with Crippen LogP contribution in [-0.4, -0.2) is 40.3 Å². The lowest BCUT2D eigenvalue weighted by Crippen LogP contribution is -2.54. The highest BCUT2D eigenvalue weighted by atomic mass is 28.4. The van der Waals surface area contributed by atoms with Crippen LogP contribution < -0.4 is 4.74 Å². The summed E-state index contributed by atoms with van der Waals surface area (Å²) in [6, 6.07) is 7.75. The molecule has 2 heterocycles. The van der Waals surface area contributed by atoms with Crippen molar-refractivity contribution in [3.8, 4) is 5.75 Å². The third kappa shape index (κ3) is 3.98. The summed E-state index contributed by atoms with van der Waals surface area (Å²) in [6.07, 6.45) is 2.80. The second-order valence-electron chi connectivity index (χ2n) is 8.38. The first-order valence-corrected chi connectivity index (χ1v) is 12.0. The molecule has 0 amide bonds. The van der Waals surface area contributed by atoms with E-state index in [0.717, 1.165) is 11.3 Å². The molecule has 0 saturated carbocycles. The van der Waals surface area contributed by atoms with Crippen molar-refractivity contribution in [1.82, 2.24) is 0 Å². The molecular weight excluding hydrogens is 348 g/mol. The first-order chi connectivity index (χ1) is 12.2. The molecule has 5 nitrogen and oxygen atoms in total. The van der Waals surface area contributed by atoms with E-state index in [0.29, 0.717) is 6.61 Å². The van der Waals surface area contributed by atoms with Crippen molar-refractivity contribution in [2.45, 2.75) is 63.5 Å². The maximum Gasteiger partial charge on any atom is 0.193 e. The van der Waals surface area contributed by atoms with Gasteiger partial charge in [-0.25, -0.2) is 0 Å². The Labute approximate surface area is 157 Å².